The molecule has 4 rings (SSSR count). The Morgan fingerprint density at radius 3 is 2.76 bits per heavy atom. The van der Waals surface area contributed by atoms with Gasteiger partial charge in [-0.3, -0.25) is 4.40 Å². The molecule has 0 aliphatic carbocycles. The second-order valence-corrected chi connectivity index (χ2v) is 6.05. The van der Waals surface area contributed by atoms with Crippen molar-refractivity contribution in [3.8, 4) is 5.69 Å². The molecule has 4 aromatic rings. The van der Waals surface area contributed by atoms with Gasteiger partial charge in [-0.15, -0.1) is 10.2 Å². The monoisotopic (exact) mass is 333 g/mol. The predicted octanol–water partition coefficient (Wildman–Crippen LogP) is 3.24. The number of benzene rings is 1. The van der Waals surface area contributed by atoms with Crippen LogP contribution in [0.2, 0.25) is 0 Å². The summed E-state index contributed by atoms with van der Waals surface area (Å²) >= 11 is 0. The first-order chi connectivity index (χ1) is 12.3. The van der Waals surface area contributed by atoms with E-state index in [1.165, 1.54) is 5.56 Å². The molecule has 0 saturated heterocycles. The SMILES string of the molecule is C[C@H](COCc1ccccc1)c1nnc2ccc(-n3ccnc3)cn12. The quantitative estimate of drug-likeness (QED) is 0.543. The zero-order chi connectivity index (χ0) is 17.1. The molecule has 0 amide bonds. The fraction of sp³-hybridized carbons (Fsp3) is 0.211. The summed E-state index contributed by atoms with van der Waals surface area (Å²) in [6, 6.07) is 14.1. The first kappa shape index (κ1) is 15.5. The van der Waals surface area contributed by atoms with Gasteiger partial charge in [0, 0.05) is 24.5 Å². The predicted molar refractivity (Wildman–Crippen MR) is 94.6 cm³/mol. The van der Waals surface area contributed by atoms with Crippen molar-refractivity contribution in [1.82, 2.24) is 24.1 Å². The van der Waals surface area contributed by atoms with Crippen LogP contribution in [-0.4, -0.2) is 30.8 Å². The molecule has 25 heavy (non-hydrogen) atoms. The maximum atomic E-state index is 5.86. The van der Waals surface area contributed by atoms with Crippen molar-refractivity contribution in [2.45, 2.75) is 19.4 Å². The third kappa shape index (κ3) is 3.29. The van der Waals surface area contributed by atoms with Gasteiger partial charge in [0.05, 0.1) is 25.2 Å². The Bertz CT molecular complexity index is 947. The third-order valence-corrected chi connectivity index (χ3v) is 4.14. The highest BCUT2D eigenvalue weighted by molar-refractivity contribution is 5.44. The normalized spacial score (nSPS) is 12.5. The third-order valence-electron chi connectivity index (χ3n) is 4.14. The minimum Gasteiger partial charge on any atom is -0.376 e. The number of ether oxygens (including phenoxy) is 1. The summed E-state index contributed by atoms with van der Waals surface area (Å²) in [6.45, 7) is 3.29. The van der Waals surface area contributed by atoms with Gasteiger partial charge < -0.3 is 9.30 Å². The highest BCUT2D eigenvalue weighted by Gasteiger charge is 2.14. The van der Waals surface area contributed by atoms with Crippen LogP contribution in [0.3, 0.4) is 0 Å². The average Bonchev–Trinajstić information content (AvgIpc) is 3.32. The minimum absolute atomic E-state index is 0.136. The largest absolute Gasteiger partial charge is 0.376 e. The van der Waals surface area contributed by atoms with Crippen LogP contribution in [0.1, 0.15) is 24.2 Å². The van der Waals surface area contributed by atoms with Gasteiger partial charge in [-0.25, -0.2) is 4.98 Å². The summed E-state index contributed by atoms with van der Waals surface area (Å²) in [6.07, 6.45) is 7.48. The van der Waals surface area contributed by atoms with Crippen molar-refractivity contribution in [2.24, 2.45) is 0 Å². The van der Waals surface area contributed by atoms with Crippen LogP contribution < -0.4 is 0 Å². The lowest BCUT2D eigenvalue weighted by Crippen LogP contribution is -2.09. The number of imidazole rings is 1. The number of fused-ring (bicyclic) bond motifs is 1. The Morgan fingerprint density at radius 2 is 1.96 bits per heavy atom. The Hall–Kier alpha value is -2.99. The molecule has 0 aliphatic heterocycles. The number of hydrogen-bond acceptors (Lipinski definition) is 4. The van der Waals surface area contributed by atoms with Crippen molar-refractivity contribution >= 4 is 5.65 Å². The van der Waals surface area contributed by atoms with Crippen LogP contribution in [0.5, 0.6) is 0 Å². The molecule has 0 saturated carbocycles. The van der Waals surface area contributed by atoms with Gasteiger partial charge in [0.25, 0.3) is 0 Å². The highest BCUT2D eigenvalue weighted by Crippen LogP contribution is 2.18. The maximum absolute atomic E-state index is 5.86. The first-order valence-electron chi connectivity index (χ1n) is 8.26. The zero-order valence-electron chi connectivity index (χ0n) is 14.0. The molecule has 0 fully saturated rings. The van der Waals surface area contributed by atoms with Crippen LogP contribution >= 0.6 is 0 Å². The van der Waals surface area contributed by atoms with Crippen molar-refractivity contribution in [1.29, 1.82) is 0 Å². The molecule has 0 aliphatic rings. The second-order valence-electron chi connectivity index (χ2n) is 6.05. The molecule has 0 spiro atoms. The van der Waals surface area contributed by atoms with Gasteiger partial charge in [0.15, 0.2) is 5.65 Å². The Labute approximate surface area is 145 Å². The van der Waals surface area contributed by atoms with E-state index in [9.17, 15) is 0 Å². The minimum atomic E-state index is 0.136. The lowest BCUT2D eigenvalue weighted by Gasteiger charge is -2.11. The Morgan fingerprint density at radius 1 is 1.08 bits per heavy atom. The van der Waals surface area contributed by atoms with Gasteiger partial charge in [0.2, 0.25) is 0 Å². The molecule has 0 bridgehead atoms. The molecule has 0 radical (unpaired) electrons. The Kier molecular flexibility index (Phi) is 4.26. The maximum Gasteiger partial charge on any atom is 0.160 e. The van der Waals surface area contributed by atoms with E-state index in [-0.39, 0.29) is 5.92 Å². The van der Waals surface area contributed by atoms with Gasteiger partial charge in [-0.1, -0.05) is 37.3 Å². The number of aromatic nitrogens is 5. The fourth-order valence-corrected chi connectivity index (χ4v) is 2.80. The van der Waals surface area contributed by atoms with Gasteiger partial charge in [-0.05, 0) is 17.7 Å². The van der Waals surface area contributed by atoms with E-state index < -0.39 is 0 Å². The summed E-state index contributed by atoms with van der Waals surface area (Å²) in [5.74, 6) is 1.03. The molecule has 0 unspecified atom stereocenters. The molecule has 126 valence electrons. The lowest BCUT2D eigenvalue weighted by molar-refractivity contribution is 0.108. The van der Waals surface area contributed by atoms with Crippen molar-refractivity contribution in [3.05, 3.63) is 78.8 Å². The second kappa shape index (κ2) is 6.86. The van der Waals surface area contributed by atoms with E-state index in [0.717, 1.165) is 17.2 Å². The van der Waals surface area contributed by atoms with Gasteiger partial charge in [-0.2, -0.15) is 0 Å². The van der Waals surface area contributed by atoms with E-state index >= 15 is 0 Å². The molecule has 3 heterocycles. The van der Waals surface area contributed by atoms with Crippen LogP contribution in [0.25, 0.3) is 11.3 Å². The smallest absolute Gasteiger partial charge is 0.160 e. The number of hydrogen-bond donors (Lipinski definition) is 0. The summed E-state index contributed by atoms with van der Waals surface area (Å²) in [5.41, 5.74) is 3.01. The molecule has 6 heteroatoms. The summed E-state index contributed by atoms with van der Waals surface area (Å²) in [7, 11) is 0. The van der Waals surface area contributed by atoms with Crippen molar-refractivity contribution < 1.29 is 4.74 Å². The van der Waals surface area contributed by atoms with Gasteiger partial charge in [0.1, 0.15) is 5.82 Å². The highest BCUT2D eigenvalue weighted by atomic mass is 16.5. The first-order valence-corrected chi connectivity index (χ1v) is 8.26. The number of nitrogens with zero attached hydrogens (tertiary/aromatic N) is 5. The molecule has 1 aromatic carbocycles. The molecule has 1 atom stereocenters. The molecule has 0 N–H and O–H groups in total. The summed E-state index contributed by atoms with van der Waals surface area (Å²) in [4.78, 5) is 4.10. The fourth-order valence-electron chi connectivity index (χ4n) is 2.80. The average molecular weight is 333 g/mol. The van der Waals surface area contributed by atoms with Gasteiger partial charge >= 0.3 is 0 Å². The van der Waals surface area contributed by atoms with E-state index in [2.05, 4.69) is 34.2 Å². The molecular weight excluding hydrogens is 314 g/mol. The van der Waals surface area contributed by atoms with E-state index in [1.54, 1.807) is 12.5 Å². The molecular formula is C19H19N5O. The van der Waals surface area contributed by atoms with Crippen LogP contribution in [-0.2, 0) is 11.3 Å². The van der Waals surface area contributed by atoms with Crippen molar-refractivity contribution in [2.75, 3.05) is 6.61 Å². The zero-order valence-corrected chi connectivity index (χ0v) is 14.0. The van der Waals surface area contributed by atoms with E-state index in [1.807, 2.05) is 51.7 Å². The van der Waals surface area contributed by atoms with E-state index in [4.69, 9.17) is 4.74 Å². The van der Waals surface area contributed by atoms with Crippen LogP contribution in [0.4, 0.5) is 0 Å². The summed E-state index contributed by atoms with van der Waals surface area (Å²) in [5, 5.41) is 8.61. The molecule has 6 nitrogen and oxygen atoms in total. The van der Waals surface area contributed by atoms with Crippen LogP contribution in [0.15, 0.2) is 67.4 Å². The number of pyridine rings is 1. The lowest BCUT2D eigenvalue weighted by atomic mass is 10.2. The van der Waals surface area contributed by atoms with Crippen molar-refractivity contribution in [3.63, 3.8) is 0 Å². The van der Waals surface area contributed by atoms with Crippen LogP contribution in [0, 0.1) is 0 Å². The number of rotatable bonds is 6. The Balaban J connectivity index is 1.51. The standard InChI is InChI=1S/C19H19N5O/c1-15(12-25-13-16-5-3-2-4-6-16)19-22-21-18-8-7-17(11-24(18)19)23-10-9-20-14-23/h2-11,14-15H,12-13H2,1H3/t15-/m1/s1. The topological polar surface area (TPSA) is 57.2 Å². The van der Waals surface area contributed by atoms with E-state index in [0.29, 0.717) is 13.2 Å². The molecule has 3 aromatic heterocycles. The summed E-state index contributed by atoms with van der Waals surface area (Å²) < 4.78 is 9.84.